The molecule has 3 rings (SSSR count). The number of hydrogen-bond donors (Lipinski definition) is 1. The lowest BCUT2D eigenvalue weighted by Crippen LogP contribution is -2.27. The van der Waals surface area contributed by atoms with E-state index in [0.717, 1.165) is 9.87 Å². The molecule has 10 nitrogen and oxygen atoms in total. The number of aromatic nitrogens is 2. The van der Waals surface area contributed by atoms with Crippen molar-refractivity contribution in [3.05, 3.63) is 86.7 Å². The van der Waals surface area contributed by atoms with E-state index in [1.54, 1.807) is 61.0 Å². The van der Waals surface area contributed by atoms with Crippen LogP contribution in [0.3, 0.4) is 0 Å². The fourth-order valence-corrected chi connectivity index (χ4v) is 4.53. The van der Waals surface area contributed by atoms with Gasteiger partial charge in [-0.15, -0.1) is 0 Å². The van der Waals surface area contributed by atoms with Gasteiger partial charge >= 0.3 is 5.69 Å². The first-order chi connectivity index (χ1) is 15.5. The Kier molecular flexibility index (Phi) is 6.94. The zero-order chi connectivity index (χ0) is 24.3. The Morgan fingerprint density at radius 1 is 1.12 bits per heavy atom. The van der Waals surface area contributed by atoms with Gasteiger partial charge in [0.25, 0.3) is 5.91 Å². The third-order valence-electron chi connectivity index (χ3n) is 5.24. The summed E-state index contributed by atoms with van der Waals surface area (Å²) in [6.07, 6.45) is 0. The summed E-state index contributed by atoms with van der Waals surface area (Å²) < 4.78 is 27.7. The fourth-order valence-electron chi connectivity index (χ4n) is 3.42. The molecule has 11 heteroatoms. The summed E-state index contributed by atoms with van der Waals surface area (Å²) in [7, 11) is -0.724. The highest BCUT2D eigenvalue weighted by Gasteiger charge is 2.22. The zero-order valence-corrected chi connectivity index (χ0v) is 19.6. The number of nitro groups is 1. The van der Waals surface area contributed by atoms with Crippen LogP contribution in [0.2, 0.25) is 0 Å². The van der Waals surface area contributed by atoms with Crippen LogP contribution in [0.4, 0.5) is 5.69 Å². The van der Waals surface area contributed by atoms with Gasteiger partial charge < -0.3 is 5.32 Å². The molecule has 0 radical (unpaired) electrons. The Balaban J connectivity index is 1.70. The van der Waals surface area contributed by atoms with Crippen molar-refractivity contribution in [1.29, 1.82) is 0 Å². The van der Waals surface area contributed by atoms with E-state index in [1.165, 1.54) is 20.2 Å². The van der Waals surface area contributed by atoms with E-state index in [-0.39, 0.29) is 23.0 Å². The number of aryl methyl sites for hydroxylation is 1. The minimum Gasteiger partial charge on any atom is -0.348 e. The average molecular weight is 472 g/mol. The Labute approximate surface area is 192 Å². The minimum absolute atomic E-state index is 0.00237. The second kappa shape index (κ2) is 9.51. The molecule has 33 heavy (non-hydrogen) atoms. The van der Waals surface area contributed by atoms with E-state index < -0.39 is 14.9 Å². The monoisotopic (exact) mass is 471 g/mol. The number of amides is 1. The first-order valence-electron chi connectivity index (χ1n) is 10.1. The molecule has 0 spiro atoms. The fraction of sp³-hybridized carbons (Fsp3) is 0.273. The summed E-state index contributed by atoms with van der Waals surface area (Å²) in [5, 5.41) is 18.2. The topological polar surface area (TPSA) is 127 Å². The third-order valence-corrected chi connectivity index (χ3v) is 7.16. The normalized spacial score (nSPS) is 11.5. The van der Waals surface area contributed by atoms with Crippen LogP contribution in [0.15, 0.2) is 53.4 Å². The molecule has 1 amide bonds. The van der Waals surface area contributed by atoms with Crippen molar-refractivity contribution in [2.45, 2.75) is 31.8 Å². The summed E-state index contributed by atoms with van der Waals surface area (Å²) in [5.74, 6) is -0.347. The number of carbonyl (C=O) groups is 1. The lowest BCUT2D eigenvalue weighted by atomic mass is 10.1. The van der Waals surface area contributed by atoms with Crippen molar-refractivity contribution in [2.24, 2.45) is 0 Å². The molecule has 0 aliphatic heterocycles. The number of rotatable bonds is 8. The van der Waals surface area contributed by atoms with Crippen molar-refractivity contribution in [3.8, 4) is 0 Å². The van der Waals surface area contributed by atoms with Gasteiger partial charge in [0.2, 0.25) is 10.0 Å². The molecule has 1 aromatic heterocycles. The third kappa shape index (κ3) is 5.10. The zero-order valence-electron chi connectivity index (χ0n) is 18.8. The van der Waals surface area contributed by atoms with Gasteiger partial charge in [0.1, 0.15) is 11.4 Å². The van der Waals surface area contributed by atoms with Crippen molar-refractivity contribution < 1.29 is 18.1 Å². The van der Waals surface area contributed by atoms with E-state index >= 15 is 0 Å². The van der Waals surface area contributed by atoms with Crippen LogP contribution >= 0.6 is 0 Å². The van der Waals surface area contributed by atoms with Crippen LogP contribution in [-0.4, -0.2) is 47.4 Å². The van der Waals surface area contributed by atoms with Crippen LogP contribution in [0.25, 0.3) is 0 Å². The largest absolute Gasteiger partial charge is 0.348 e. The Morgan fingerprint density at radius 3 is 2.33 bits per heavy atom. The maximum Gasteiger partial charge on any atom is 0.312 e. The van der Waals surface area contributed by atoms with Gasteiger partial charge in [-0.25, -0.2) is 12.7 Å². The molecule has 0 saturated carbocycles. The molecule has 1 N–H and O–H groups in total. The van der Waals surface area contributed by atoms with E-state index in [0.29, 0.717) is 29.1 Å². The highest BCUT2D eigenvalue weighted by atomic mass is 32.2. The summed E-state index contributed by atoms with van der Waals surface area (Å²) in [6.45, 7) is 3.63. The maximum atomic E-state index is 12.6. The molecule has 0 unspecified atom stereocenters. The Bertz CT molecular complexity index is 1300. The predicted molar refractivity (Wildman–Crippen MR) is 122 cm³/mol. The molecule has 3 aromatic rings. The van der Waals surface area contributed by atoms with Crippen LogP contribution in [0, 0.1) is 24.0 Å². The molecular weight excluding hydrogens is 446 g/mol. The van der Waals surface area contributed by atoms with Crippen molar-refractivity contribution >= 4 is 21.6 Å². The van der Waals surface area contributed by atoms with Crippen molar-refractivity contribution in [1.82, 2.24) is 19.4 Å². The minimum atomic E-state index is -3.63. The van der Waals surface area contributed by atoms with Crippen LogP contribution in [0.1, 0.15) is 32.9 Å². The van der Waals surface area contributed by atoms with Gasteiger partial charge in [0, 0.05) is 26.2 Å². The van der Waals surface area contributed by atoms with E-state index in [2.05, 4.69) is 10.4 Å². The van der Waals surface area contributed by atoms with Gasteiger partial charge in [-0.2, -0.15) is 5.10 Å². The average Bonchev–Trinajstić information content (AvgIpc) is 3.05. The number of sulfonamides is 1. The van der Waals surface area contributed by atoms with Gasteiger partial charge in [-0.1, -0.05) is 30.3 Å². The van der Waals surface area contributed by atoms with Crippen molar-refractivity contribution in [3.63, 3.8) is 0 Å². The molecular formula is C22H25N5O5S. The van der Waals surface area contributed by atoms with Crippen molar-refractivity contribution in [2.75, 3.05) is 14.1 Å². The first-order valence-corrected chi connectivity index (χ1v) is 11.5. The lowest BCUT2D eigenvalue weighted by molar-refractivity contribution is -0.386. The number of hydrogen-bond acceptors (Lipinski definition) is 6. The standard InChI is InChI=1S/C22H25N5O5S/c1-15-21(27(29)30)16(2)26(24-15)14-17-9-11-18(12-10-17)22(28)23-13-19-7-5-6-8-20(19)33(31,32)25(3)4/h5-12H,13-14H2,1-4H3,(H,23,28). The van der Waals surface area contributed by atoms with Crippen LogP contribution < -0.4 is 5.32 Å². The van der Waals surface area contributed by atoms with Gasteiger partial charge in [-0.3, -0.25) is 19.6 Å². The smallest absolute Gasteiger partial charge is 0.312 e. The predicted octanol–water partition coefficient (Wildman–Crippen LogP) is 2.64. The highest BCUT2D eigenvalue weighted by molar-refractivity contribution is 7.89. The highest BCUT2D eigenvalue weighted by Crippen LogP contribution is 2.23. The Morgan fingerprint density at radius 2 is 1.76 bits per heavy atom. The van der Waals surface area contributed by atoms with E-state index in [4.69, 9.17) is 0 Å². The summed E-state index contributed by atoms with van der Waals surface area (Å²) in [5.41, 5.74) is 2.54. The van der Waals surface area contributed by atoms with Gasteiger partial charge in [0.05, 0.1) is 16.4 Å². The number of benzene rings is 2. The second-order valence-corrected chi connectivity index (χ2v) is 9.83. The number of nitrogens with one attached hydrogen (secondary N) is 1. The number of carbonyl (C=O) groups excluding carboxylic acids is 1. The maximum absolute atomic E-state index is 12.6. The summed E-state index contributed by atoms with van der Waals surface area (Å²) >= 11 is 0. The van der Waals surface area contributed by atoms with Crippen LogP contribution in [0.5, 0.6) is 0 Å². The lowest BCUT2D eigenvalue weighted by Gasteiger charge is -2.15. The molecule has 1 heterocycles. The SMILES string of the molecule is Cc1nn(Cc2ccc(C(=O)NCc3ccccc3S(=O)(=O)N(C)C)cc2)c(C)c1[N+](=O)[O-]. The molecule has 0 aliphatic carbocycles. The second-order valence-electron chi connectivity index (χ2n) is 7.71. The molecule has 174 valence electrons. The van der Waals surface area contributed by atoms with E-state index in [1.807, 2.05) is 0 Å². The van der Waals surface area contributed by atoms with Gasteiger partial charge in [0.15, 0.2) is 0 Å². The molecule has 0 saturated heterocycles. The molecule has 0 bridgehead atoms. The number of nitrogens with zero attached hydrogens (tertiary/aromatic N) is 4. The molecule has 0 fully saturated rings. The summed E-state index contributed by atoms with van der Waals surface area (Å²) in [4.78, 5) is 23.5. The summed E-state index contributed by atoms with van der Waals surface area (Å²) in [6, 6.07) is 13.3. The Hall–Kier alpha value is -3.57. The van der Waals surface area contributed by atoms with Crippen LogP contribution in [-0.2, 0) is 23.1 Å². The first kappa shape index (κ1) is 24.1. The molecule has 0 aliphatic rings. The molecule has 0 atom stereocenters. The van der Waals surface area contributed by atoms with E-state index in [9.17, 15) is 23.3 Å². The quantitative estimate of drug-likeness (QED) is 0.397. The van der Waals surface area contributed by atoms with Gasteiger partial charge in [-0.05, 0) is 43.2 Å². The molecule has 2 aromatic carbocycles.